The van der Waals surface area contributed by atoms with E-state index < -0.39 is 0 Å². The zero-order valence-corrected chi connectivity index (χ0v) is 18.2. The van der Waals surface area contributed by atoms with Gasteiger partial charge in [-0.05, 0) is 42.5 Å². The fourth-order valence-corrected chi connectivity index (χ4v) is 4.03. The van der Waals surface area contributed by atoms with E-state index in [1.807, 2.05) is 35.1 Å². The molecule has 0 aromatic carbocycles. The molecule has 0 atom stereocenters. The van der Waals surface area contributed by atoms with Gasteiger partial charge in [0, 0.05) is 24.8 Å². The fraction of sp³-hybridized carbons (Fsp3) is 0.250. The summed E-state index contributed by atoms with van der Waals surface area (Å²) in [6.07, 6.45) is 13.8. The van der Waals surface area contributed by atoms with Crippen molar-refractivity contribution in [2.75, 3.05) is 7.11 Å². The third-order valence-electron chi connectivity index (χ3n) is 5.93. The molecular weight excluding hydrogens is 418 g/mol. The van der Waals surface area contributed by atoms with Crippen molar-refractivity contribution in [2.24, 2.45) is 0 Å². The second-order valence-corrected chi connectivity index (χ2v) is 8.41. The van der Waals surface area contributed by atoms with E-state index in [1.54, 1.807) is 24.2 Å². The molecule has 0 saturated heterocycles. The van der Waals surface area contributed by atoms with Crippen molar-refractivity contribution in [3.63, 3.8) is 0 Å². The number of nitrogens with one attached hydrogen (secondary N) is 1. The van der Waals surface area contributed by atoms with Crippen LogP contribution in [0.3, 0.4) is 0 Å². The molecule has 33 heavy (non-hydrogen) atoms. The molecule has 5 heterocycles. The number of rotatable bonds is 7. The Labute approximate surface area is 189 Å². The minimum atomic E-state index is -0.194. The molecule has 1 N–H and O–H groups in total. The van der Waals surface area contributed by atoms with Crippen LogP contribution in [-0.4, -0.2) is 41.6 Å². The van der Waals surface area contributed by atoms with Crippen molar-refractivity contribution in [3.05, 3.63) is 84.0 Å². The van der Waals surface area contributed by atoms with Crippen molar-refractivity contribution in [1.29, 1.82) is 0 Å². The first-order chi connectivity index (χ1) is 16.1. The Kier molecular flexibility index (Phi) is 4.60. The molecule has 1 amide bonds. The van der Waals surface area contributed by atoms with Crippen molar-refractivity contribution >= 4 is 17.2 Å². The highest BCUT2D eigenvalue weighted by Crippen LogP contribution is 2.39. The van der Waals surface area contributed by atoms with Crippen LogP contribution in [-0.2, 0) is 13.1 Å². The van der Waals surface area contributed by atoms with Gasteiger partial charge in [-0.15, -0.1) is 0 Å². The number of ether oxygens (including phenoxy) is 1. The zero-order chi connectivity index (χ0) is 22.4. The van der Waals surface area contributed by atoms with E-state index in [4.69, 9.17) is 4.74 Å². The predicted octanol–water partition coefficient (Wildman–Crippen LogP) is 3.04. The minimum absolute atomic E-state index is 0.194. The van der Waals surface area contributed by atoms with Crippen LogP contribution in [0.1, 0.15) is 46.1 Å². The molecule has 1 saturated carbocycles. The first-order valence-corrected chi connectivity index (χ1v) is 10.9. The number of hydrogen-bond donors (Lipinski definition) is 1. The number of amides is 1. The molecule has 5 aromatic heterocycles. The number of carbonyl (C=O) groups excluding carboxylic acids is 1. The fourth-order valence-electron chi connectivity index (χ4n) is 4.03. The van der Waals surface area contributed by atoms with E-state index in [-0.39, 0.29) is 5.91 Å². The molecule has 1 aliphatic carbocycles. The smallest absolute Gasteiger partial charge is 0.254 e. The quantitative estimate of drug-likeness (QED) is 0.419. The summed E-state index contributed by atoms with van der Waals surface area (Å²) in [7, 11) is 1.62. The van der Waals surface area contributed by atoms with E-state index >= 15 is 0 Å². The summed E-state index contributed by atoms with van der Waals surface area (Å²) in [6, 6.07) is 7.96. The van der Waals surface area contributed by atoms with Crippen molar-refractivity contribution < 1.29 is 9.53 Å². The average molecular weight is 441 g/mol. The van der Waals surface area contributed by atoms with E-state index in [2.05, 4.69) is 43.1 Å². The first-order valence-electron chi connectivity index (χ1n) is 10.9. The highest BCUT2D eigenvalue weighted by molar-refractivity contribution is 5.93. The number of aromatic nitrogens is 6. The number of pyridine rings is 2. The van der Waals surface area contributed by atoms with Gasteiger partial charge < -0.3 is 18.9 Å². The lowest BCUT2D eigenvalue weighted by Crippen LogP contribution is -2.22. The van der Waals surface area contributed by atoms with Gasteiger partial charge in [-0.25, -0.2) is 9.97 Å². The van der Waals surface area contributed by atoms with Gasteiger partial charge in [0.25, 0.3) is 5.91 Å². The molecule has 1 aliphatic rings. The largest absolute Gasteiger partial charge is 0.495 e. The van der Waals surface area contributed by atoms with Gasteiger partial charge in [0.1, 0.15) is 17.0 Å². The van der Waals surface area contributed by atoms with Crippen LogP contribution in [0, 0.1) is 0 Å². The number of methoxy groups -OCH3 is 1. The standard InChI is InChI=1S/C24H23N7O2/c1-33-21-5-7-23-27-19(12-30(23)15-21)9-25-24(32)18-8-26-31(11-18)14-20-13-29-10-17(16-2-3-16)4-6-22(29)28-20/h4-8,10-13,15-16H,2-3,9,14H2,1H3,(H,25,32). The van der Waals surface area contributed by atoms with Crippen LogP contribution < -0.4 is 10.1 Å². The predicted molar refractivity (Wildman–Crippen MR) is 121 cm³/mol. The van der Waals surface area contributed by atoms with Crippen LogP contribution in [0.5, 0.6) is 5.75 Å². The van der Waals surface area contributed by atoms with E-state index in [1.165, 1.54) is 18.4 Å². The Morgan fingerprint density at radius 1 is 1.00 bits per heavy atom. The van der Waals surface area contributed by atoms with Crippen LogP contribution in [0.15, 0.2) is 61.4 Å². The highest BCUT2D eigenvalue weighted by Gasteiger charge is 2.23. The minimum Gasteiger partial charge on any atom is -0.495 e. The van der Waals surface area contributed by atoms with Gasteiger partial charge in [0.15, 0.2) is 0 Å². The number of nitrogens with zero attached hydrogens (tertiary/aromatic N) is 6. The molecule has 6 rings (SSSR count). The molecule has 9 heteroatoms. The van der Waals surface area contributed by atoms with Gasteiger partial charge >= 0.3 is 0 Å². The Bertz CT molecular complexity index is 1470. The molecule has 9 nitrogen and oxygen atoms in total. The molecule has 5 aromatic rings. The van der Waals surface area contributed by atoms with Crippen molar-refractivity contribution in [2.45, 2.75) is 31.8 Å². The van der Waals surface area contributed by atoms with Gasteiger partial charge in [-0.1, -0.05) is 6.07 Å². The summed E-state index contributed by atoms with van der Waals surface area (Å²) in [5.41, 5.74) is 5.25. The molecule has 0 spiro atoms. The Morgan fingerprint density at radius 3 is 2.58 bits per heavy atom. The lowest BCUT2D eigenvalue weighted by atomic mass is 10.2. The Hall–Kier alpha value is -4.14. The normalized spacial score (nSPS) is 13.6. The Morgan fingerprint density at radius 2 is 1.76 bits per heavy atom. The maximum atomic E-state index is 12.6. The third-order valence-corrected chi connectivity index (χ3v) is 5.93. The Balaban J connectivity index is 1.11. The highest BCUT2D eigenvalue weighted by atomic mass is 16.5. The molecular formula is C24H23N7O2. The average Bonchev–Trinajstić information content (AvgIpc) is 3.25. The number of carbonyl (C=O) groups is 1. The zero-order valence-electron chi connectivity index (χ0n) is 18.2. The lowest BCUT2D eigenvalue weighted by Gasteiger charge is -2.00. The van der Waals surface area contributed by atoms with Crippen LogP contribution in [0.2, 0.25) is 0 Å². The maximum absolute atomic E-state index is 12.6. The van der Waals surface area contributed by atoms with Crippen LogP contribution >= 0.6 is 0 Å². The summed E-state index contributed by atoms with van der Waals surface area (Å²) < 4.78 is 10.9. The van der Waals surface area contributed by atoms with Crippen LogP contribution in [0.4, 0.5) is 0 Å². The number of imidazole rings is 2. The summed E-state index contributed by atoms with van der Waals surface area (Å²) in [5, 5.41) is 7.25. The molecule has 0 bridgehead atoms. The topological polar surface area (TPSA) is 90.7 Å². The SMILES string of the molecule is COc1ccc2nc(CNC(=O)c3cnn(Cc4cn5cc(C6CC6)ccc5n4)c3)cn2c1. The maximum Gasteiger partial charge on any atom is 0.254 e. The summed E-state index contributed by atoms with van der Waals surface area (Å²) >= 11 is 0. The second kappa shape index (κ2) is 7.77. The molecule has 166 valence electrons. The van der Waals surface area contributed by atoms with Crippen molar-refractivity contribution in [3.8, 4) is 5.75 Å². The molecule has 0 aliphatic heterocycles. The number of hydrogen-bond acceptors (Lipinski definition) is 5. The lowest BCUT2D eigenvalue weighted by molar-refractivity contribution is 0.0950. The summed E-state index contributed by atoms with van der Waals surface area (Å²) in [6.45, 7) is 0.825. The van der Waals surface area contributed by atoms with Gasteiger partial charge in [-0.3, -0.25) is 9.48 Å². The monoisotopic (exact) mass is 441 g/mol. The summed E-state index contributed by atoms with van der Waals surface area (Å²) in [5.74, 6) is 1.26. The molecule has 0 unspecified atom stereocenters. The van der Waals surface area contributed by atoms with E-state index in [0.29, 0.717) is 24.6 Å². The van der Waals surface area contributed by atoms with Gasteiger partial charge in [0.05, 0.1) is 49.5 Å². The van der Waals surface area contributed by atoms with Crippen molar-refractivity contribution in [1.82, 2.24) is 33.9 Å². The summed E-state index contributed by atoms with van der Waals surface area (Å²) in [4.78, 5) is 21.8. The first kappa shape index (κ1) is 19.5. The van der Waals surface area contributed by atoms with Gasteiger partial charge in [0.2, 0.25) is 0 Å². The van der Waals surface area contributed by atoms with E-state index in [9.17, 15) is 4.79 Å². The van der Waals surface area contributed by atoms with E-state index in [0.717, 1.165) is 28.4 Å². The second-order valence-electron chi connectivity index (χ2n) is 8.41. The van der Waals surface area contributed by atoms with Gasteiger partial charge in [-0.2, -0.15) is 5.10 Å². The third kappa shape index (κ3) is 3.93. The molecule has 0 radical (unpaired) electrons. The molecule has 1 fully saturated rings. The number of fused-ring (bicyclic) bond motifs is 2. The van der Waals surface area contributed by atoms with Crippen LogP contribution in [0.25, 0.3) is 11.3 Å².